The molecule has 2 aromatic rings. The standard InChI is InChI=1S/C16H14O3/c1-11-10-13(6-9-15(11)17)3-2-12-4-7-14(8-5-12)16(18)19/h2-10,17H,1H3,(H,18,19)/b3-2+. The van der Waals surface area contributed by atoms with E-state index in [0.29, 0.717) is 0 Å². The van der Waals surface area contributed by atoms with Crippen LogP contribution in [0.2, 0.25) is 0 Å². The van der Waals surface area contributed by atoms with Crippen LogP contribution in [0, 0.1) is 6.92 Å². The van der Waals surface area contributed by atoms with Crippen LogP contribution >= 0.6 is 0 Å². The Morgan fingerprint density at radius 2 is 1.58 bits per heavy atom. The number of hydrogen-bond donors (Lipinski definition) is 2. The highest BCUT2D eigenvalue weighted by atomic mass is 16.4. The largest absolute Gasteiger partial charge is 0.508 e. The molecule has 19 heavy (non-hydrogen) atoms. The van der Waals surface area contributed by atoms with Gasteiger partial charge in [0.2, 0.25) is 0 Å². The number of phenols is 1. The van der Waals surface area contributed by atoms with E-state index in [4.69, 9.17) is 5.11 Å². The van der Waals surface area contributed by atoms with Crippen molar-refractivity contribution in [3.8, 4) is 5.75 Å². The Hall–Kier alpha value is -2.55. The number of phenolic OH excluding ortho intramolecular Hbond substituents is 1. The van der Waals surface area contributed by atoms with E-state index < -0.39 is 5.97 Å². The molecule has 0 atom stereocenters. The molecule has 0 unspecified atom stereocenters. The van der Waals surface area contributed by atoms with Crippen molar-refractivity contribution in [2.45, 2.75) is 6.92 Å². The molecule has 0 aliphatic heterocycles. The molecule has 2 rings (SSSR count). The predicted octanol–water partition coefficient (Wildman–Crippen LogP) is 3.57. The summed E-state index contributed by atoms with van der Waals surface area (Å²) in [6.45, 7) is 1.84. The minimum Gasteiger partial charge on any atom is -0.508 e. The van der Waals surface area contributed by atoms with Gasteiger partial charge in [0.15, 0.2) is 0 Å². The van der Waals surface area contributed by atoms with E-state index >= 15 is 0 Å². The molecule has 0 bridgehead atoms. The van der Waals surface area contributed by atoms with Crippen LogP contribution < -0.4 is 0 Å². The van der Waals surface area contributed by atoms with Crippen molar-refractivity contribution in [2.75, 3.05) is 0 Å². The Morgan fingerprint density at radius 3 is 2.16 bits per heavy atom. The van der Waals surface area contributed by atoms with Crippen LogP contribution in [0.4, 0.5) is 0 Å². The summed E-state index contributed by atoms with van der Waals surface area (Å²) in [6.07, 6.45) is 3.82. The first-order valence-electron chi connectivity index (χ1n) is 5.87. The van der Waals surface area contributed by atoms with E-state index in [1.54, 1.807) is 30.3 Å². The van der Waals surface area contributed by atoms with Gasteiger partial charge >= 0.3 is 5.97 Å². The normalized spacial score (nSPS) is 10.8. The first kappa shape index (κ1) is 12.9. The maximum atomic E-state index is 10.7. The molecule has 3 nitrogen and oxygen atoms in total. The van der Waals surface area contributed by atoms with Gasteiger partial charge in [0.05, 0.1) is 5.56 Å². The van der Waals surface area contributed by atoms with Gasteiger partial charge in [-0.15, -0.1) is 0 Å². The third kappa shape index (κ3) is 3.22. The van der Waals surface area contributed by atoms with Gasteiger partial charge in [0, 0.05) is 0 Å². The smallest absolute Gasteiger partial charge is 0.335 e. The van der Waals surface area contributed by atoms with Crippen molar-refractivity contribution in [1.82, 2.24) is 0 Å². The second-order valence-corrected chi connectivity index (χ2v) is 4.31. The Morgan fingerprint density at radius 1 is 1.00 bits per heavy atom. The van der Waals surface area contributed by atoms with Gasteiger partial charge in [0.1, 0.15) is 5.75 Å². The second-order valence-electron chi connectivity index (χ2n) is 4.31. The fraction of sp³-hybridized carbons (Fsp3) is 0.0625. The zero-order valence-electron chi connectivity index (χ0n) is 10.5. The first-order valence-corrected chi connectivity index (χ1v) is 5.87. The molecule has 0 saturated heterocycles. The molecule has 0 aliphatic rings. The van der Waals surface area contributed by atoms with Crippen LogP contribution in [0.3, 0.4) is 0 Å². The second kappa shape index (κ2) is 5.40. The van der Waals surface area contributed by atoms with Crippen molar-refractivity contribution < 1.29 is 15.0 Å². The average Bonchev–Trinajstić information content (AvgIpc) is 2.40. The number of aryl methyl sites for hydroxylation is 1. The summed E-state index contributed by atoms with van der Waals surface area (Å²) < 4.78 is 0. The van der Waals surface area contributed by atoms with Gasteiger partial charge in [-0.3, -0.25) is 0 Å². The predicted molar refractivity (Wildman–Crippen MR) is 75.2 cm³/mol. The number of hydrogen-bond acceptors (Lipinski definition) is 2. The Kier molecular flexibility index (Phi) is 3.66. The van der Waals surface area contributed by atoms with Gasteiger partial charge < -0.3 is 10.2 Å². The van der Waals surface area contributed by atoms with Gasteiger partial charge in [-0.2, -0.15) is 0 Å². The SMILES string of the molecule is Cc1cc(/C=C/c2ccc(C(=O)O)cc2)ccc1O. The topological polar surface area (TPSA) is 57.5 Å². The zero-order chi connectivity index (χ0) is 13.8. The third-order valence-electron chi connectivity index (χ3n) is 2.85. The lowest BCUT2D eigenvalue weighted by atomic mass is 10.1. The molecular formula is C16H14O3. The third-order valence-corrected chi connectivity index (χ3v) is 2.85. The van der Waals surface area contributed by atoms with E-state index in [2.05, 4.69) is 0 Å². The monoisotopic (exact) mass is 254 g/mol. The van der Waals surface area contributed by atoms with Crippen molar-refractivity contribution in [3.63, 3.8) is 0 Å². The number of carboxylic acids is 1. The van der Waals surface area contributed by atoms with Crippen LogP contribution in [0.15, 0.2) is 42.5 Å². The molecule has 3 heteroatoms. The van der Waals surface area contributed by atoms with Crippen molar-refractivity contribution in [1.29, 1.82) is 0 Å². The molecule has 2 aromatic carbocycles. The van der Waals surface area contributed by atoms with E-state index in [1.807, 2.05) is 31.2 Å². The lowest BCUT2D eigenvalue weighted by Gasteiger charge is -2.00. The molecule has 2 N–H and O–H groups in total. The van der Waals surface area contributed by atoms with E-state index in [0.717, 1.165) is 16.7 Å². The van der Waals surface area contributed by atoms with Gasteiger partial charge in [-0.25, -0.2) is 4.79 Å². The van der Waals surface area contributed by atoms with Crippen LogP contribution in [0.1, 0.15) is 27.0 Å². The summed E-state index contributed by atoms with van der Waals surface area (Å²) in [6, 6.07) is 12.0. The maximum Gasteiger partial charge on any atom is 0.335 e. The number of aromatic hydroxyl groups is 1. The van der Waals surface area contributed by atoms with Gasteiger partial charge in [-0.05, 0) is 47.9 Å². The number of benzene rings is 2. The molecule has 0 aliphatic carbocycles. The minimum atomic E-state index is -0.926. The molecule has 0 radical (unpaired) electrons. The molecule has 0 saturated carbocycles. The number of aromatic carboxylic acids is 1. The van der Waals surface area contributed by atoms with Crippen molar-refractivity contribution >= 4 is 18.1 Å². The van der Waals surface area contributed by atoms with Crippen LogP contribution in [0.5, 0.6) is 5.75 Å². The highest BCUT2D eigenvalue weighted by Crippen LogP contribution is 2.18. The molecule has 0 amide bonds. The fourth-order valence-corrected chi connectivity index (χ4v) is 1.71. The maximum absolute atomic E-state index is 10.7. The van der Waals surface area contributed by atoms with Crippen LogP contribution in [-0.2, 0) is 0 Å². The summed E-state index contributed by atoms with van der Waals surface area (Å²) >= 11 is 0. The molecule has 96 valence electrons. The molecule has 0 spiro atoms. The van der Waals surface area contributed by atoms with E-state index in [-0.39, 0.29) is 11.3 Å². The van der Waals surface area contributed by atoms with E-state index in [1.165, 1.54) is 0 Å². The number of carboxylic acid groups (broad SMARTS) is 1. The molecule has 0 aromatic heterocycles. The summed E-state index contributed by atoms with van der Waals surface area (Å²) in [5.74, 6) is -0.646. The highest BCUT2D eigenvalue weighted by Gasteiger charge is 2.00. The van der Waals surface area contributed by atoms with Gasteiger partial charge in [0.25, 0.3) is 0 Å². The summed E-state index contributed by atoms with van der Waals surface area (Å²) in [4.78, 5) is 10.7. The lowest BCUT2D eigenvalue weighted by molar-refractivity contribution is 0.0697. The van der Waals surface area contributed by atoms with Crippen molar-refractivity contribution in [3.05, 3.63) is 64.7 Å². The minimum absolute atomic E-state index is 0.276. The fourth-order valence-electron chi connectivity index (χ4n) is 1.71. The van der Waals surface area contributed by atoms with Crippen LogP contribution in [-0.4, -0.2) is 16.2 Å². The van der Waals surface area contributed by atoms with E-state index in [9.17, 15) is 9.90 Å². The summed E-state index contributed by atoms with van der Waals surface area (Å²) in [5, 5.41) is 18.2. The Balaban J connectivity index is 2.17. The summed E-state index contributed by atoms with van der Waals surface area (Å²) in [5.41, 5.74) is 3.01. The Bertz CT molecular complexity index is 625. The summed E-state index contributed by atoms with van der Waals surface area (Å²) in [7, 11) is 0. The molecular weight excluding hydrogens is 240 g/mol. The van der Waals surface area contributed by atoms with Crippen LogP contribution in [0.25, 0.3) is 12.2 Å². The number of carbonyl (C=O) groups is 1. The first-order chi connectivity index (χ1) is 9.06. The molecule has 0 fully saturated rings. The lowest BCUT2D eigenvalue weighted by Crippen LogP contribution is -1.94. The van der Waals surface area contributed by atoms with Gasteiger partial charge in [-0.1, -0.05) is 30.4 Å². The zero-order valence-corrected chi connectivity index (χ0v) is 10.5. The molecule has 0 heterocycles. The number of rotatable bonds is 3. The average molecular weight is 254 g/mol. The quantitative estimate of drug-likeness (QED) is 0.823. The van der Waals surface area contributed by atoms with Crippen molar-refractivity contribution in [2.24, 2.45) is 0 Å². The highest BCUT2D eigenvalue weighted by molar-refractivity contribution is 5.88. The Labute approximate surface area is 111 Å².